The Balaban J connectivity index is 1.90. The molecule has 1 aliphatic rings. The molecular weight excluding hydrogens is 330 g/mol. The second kappa shape index (κ2) is 6.37. The highest BCUT2D eigenvalue weighted by Crippen LogP contribution is 2.33. The van der Waals surface area contributed by atoms with Crippen LogP contribution in [0.5, 0.6) is 0 Å². The number of amides is 1. The number of sulfonamides is 1. The molecule has 1 saturated heterocycles. The molecule has 1 fully saturated rings. The third kappa shape index (κ3) is 3.07. The summed E-state index contributed by atoms with van der Waals surface area (Å²) in [6.45, 7) is 2.44. The van der Waals surface area contributed by atoms with Crippen LogP contribution < -0.4 is 4.72 Å². The highest BCUT2D eigenvalue weighted by molar-refractivity contribution is 7.89. The SMILES string of the molecule is CNS(=O)(=O)c1cccc(C(=O)N2CCCC2c2cc(C)no2)c1. The molecular formula is C16H19N3O4S. The monoisotopic (exact) mass is 349 g/mol. The molecule has 7 nitrogen and oxygen atoms in total. The normalized spacial score (nSPS) is 18.1. The molecule has 3 rings (SSSR count). The topological polar surface area (TPSA) is 92.5 Å². The summed E-state index contributed by atoms with van der Waals surface area (Å²) in [4.78, 5) is 14.6. The van der Waals surface area contributed by atoms with E-state index in [1.54, 1.807) is 17.0 Å². The van der Waals surface area contributed by atoms with Crippen LogP contribution in [-0.4, -0.2) is 38.0 Å². The van der Waals surface area contributed by atoms with E-state index in [1.807, 2.05) is 13.0 Å². The number of aryl methyl sites for hydroxylation is 1. The lowest BCUT2D eigenvalue weighted by molar-refractivity contribution is 0.0714. The lowest BCUT2D eigenvalue weighted by atomic mass is 10.1. The summed E-state index contributed by atoms with van der Waals surface area (Å²) in [5.74, 6) is 0.456. The first-order chi connectivity index (χ1) is 11.4. The van der Waals surface area contributed by atoms with Crippen molar-refractivity contribution < 1.29 is 17.7 Å². The van der Waals surface area contributed by atoms with Gasteiger partial charge in [0.1, 0.15) is 0 Å². The summed E-state index contributed by atoms with van der Waals surface area (Å²) in [6, 6.07) is 7.72. The zero-order chi connectivity index (χ0) is 17.3. The van der Waals surface area contributed by atoms with Crippen LogP contribution in [0.15, 0.2) is 39.8 Å². The van der Waals surface area contributed by atoms with Gasteiger partial charge >= 0.3 is 0 Å². The van der Waals surface area contributed by atoms with Crippen LogP contribution in [0.3, 0.4) is 0 Å². The van der Waals surface area contributed by atoms with E-state index in [2.05, 4.69) is 9.88 Å². The van der Waals surface area contributed by atoms with Crippen LogP contribution in [0.1, 0.15) is 40.7 Å². The maximum absolute atomic E-state index is 12.9. The van der Waals surface area contributed by atoms with Crippen LogP contribution in [0.4, 0.5) is 0 Å². The number of carbonyl (C=O) groups is 1. The molecule has 0 spiro atoms. The summed E-state index contributed by atoms with van der Waals surface area (Å²) in [7, 11) is -2.25. The number of nitrogens with one attached hydrogen (secondary N) is 1. The minimum absolute atomic E-state index is 0.0714. The minimum Gasteiger partial charge on any atom is -0.359 e. The van der Waals surface area contributed by atoms with E-state index in [9.17, 15) is 13.2 Å². The number of likely N-dealkylation sites (tertiary alicyclic amines) is 1. The lowest BCUT2D eigenvalue weighted by Crippen LogP contribution is -2.30. The number of hydrogen-bond donors (Lipinski definition) is 1. The Kier molecular flexibility index (Phi) is 4.42. The number of nitrogens with zero attached hydrogens (tertiary/aromatic N) is 2. The van der Waals surface area contributed by atoms with Gasteiger partial charge in [-0.15, -0.1) is 0 Å². The molecule has 1 unspecified atom stereocenters. The van der Waals surface area contributed by atoms with Crippen molar-refractivity contribution in [2.45, 2.75) is 30.7 Å². The number of aromatic nitrogens is 1. The fraction of sp³-hybridized carbons (Fsp3) is 0.375. The van der Waals surface area contributed by atoms with E-state index in [0.717, 1.165) is 18.5 Å². The molecule has 0 aliphatic carbocycles. The molecule has 2 aromatic rings. The van der Waals surface area contributed by atoms with Crippen LogP contribution in [0.2, 0.25) is 0 Å². The van der Waals surface area contributed by atoms with E-state index in [4.69, 9.17) is 4.52 Å². The van der Waals surface area contributed by atoms with E-state index >= 15 is 0 Å². The van der Waals surface area contributed by atoms with Crippen molar-refractivity contribution in [2.75, 3.05) is 13.6 Å². The predicted octanol–water partition coefficient (Wildman–Crippen LogP) is 1.87. The molecule has 1 atom stereocenters. The number of benzene rings is 1. The van der Waals surface area contributed by atoms with Crippen LogP contribution in [0, 0.1) is 6.92 Å². The summed E-state index contributed by atoms with van der Waals surface area (Å²) in [5, 5.41) is 3.88. The molecule has 0 radical (unpaired) electrons. The van der Waals surface area contributed by atoms with Crippen molar-refractivity contribution in [1.29, 1.82) is 0 Å². The molecule has 8 heteroatoms. The van der Waals surface area contributed by atoms with Crippen molar-refractivity contribution in [3.8, 4) is 0 Å². The highest BCUT2D eigenvalue weighted by Gasteiger charge is 2.33. The van der Waals surface area contributed by atoms with Gasteiger partial charge in [-0.25, -0.2) is 13.1 Å². The zero-order valence-electron chi connectivity index (χ0n) is 13.5. The van der Waals surface area contributed by atoms with Gasteiger partial charge in [0, 0.05) is 18.2 Å². The summed E-state index contributed by atoms with van der Waals surface area (Å²) < 4.78 is 31.4. The van der Waals surface area contributed by atoms with Crippen molar-refractivity contribution in [1.82, 2.24) is 14.8 Å². The van der Waals surface area contributed by atoms with Gasteiger partial charge in [0.2, 0.25) is 10.0 Å². The molecule has 0 bridgehead atoms. The molecule has 2 heterocycles. The first kappa shape index (κ1) is 16.7. The van der Waals surface area contributed by atoms with Crippen molar-refractivity contribution in [3.05, 3.63) is 47.3 Å². The first-order valence-corrected chi connectivity index (χ1v) is 9.18. The summed E-state index contributed by atoms with van der Waals surface area (Å²) in [6.07, 6.45) is 1.67. The third-order valence-corrected chi connectivity index (χ3v) is 5.56. The van der Waals surface area contributed by atoms with Crippen molar-refractivity contribution in [2.24, 2.45) is 0 Å². The second-order valence-electron chi connectivity index (χ2n) is 5.76. The van der Waals surface area contributed by atoms with Gasteiger partial charge < -0.3 is 9.42 Å². The Labute approximate surface area is 140 Å². The van der Waals surface area contributed by atoms with E-state index in [-0.39, 0.29) is 16.8 Å². The average Bonchev–Trinajstić information content (AvgIpc) is 3.22. The largest absolute Gasteiger partial charge is 0.359 e. The van der Waals surface area contributed by atoms with Crippen molar-refractivity contribution in [3.63, 3.8) is 0 Å². The van der Waals surface area contributed by atoms with Crippen LogP contribution in [-0.2, 0) is 10.0 Å². The summed E-state index contributed by atoms with van der Waals surface area (Å²) >= 11 is 0. The Morgan fingerprint density at radius 3 is 2.83 bits per heavy atom. The van der Waals surface area contributed by atoms with E-state index in [1.165, 1.54) is 19.2 Å². The molecule has 24 heavy (non-hydrogen) atoms. The van der Waals surface area contributed by atoms with Gasteiger partial charge in [0.25, 0.3) is 5.91 Å². The number of carbonyl (C=O) groups excluding carboxylic acids is 1. The highest BCUT2D eigenvalue weighted by atomic mass is 32.2. The standard InChI is InChI=1S/C16H19N3O4S/c1-11-9-15(23-18-11)14-7-4-8-19(14)16(20)12-5-3-6-13(10-12)24(21,22)17-2/h3,5-6,9-10,14,17H,4,7-8H2,1-2H3. The fourth-order valence-corrected chi connectivity index (χ4v) is 3.70. The van der Waals surface area contributed by atoms with Gasteiger partial charge in [0.15, 0.2) is 5.76 Å². The summed E-state index contributed by atoms with van der Waals surface area (Å²) in [5.41, 5.74) is 1.11. The second-order valence-corrected chi connectivity index (χ2v) is 7.65. The Bertz CT molecular complexity index is 860. The zero-order valence-corrected chi connectivity index (χ0v) is 14.3. The molecule has 1 N–H and O–H groups in total. The van der Waals surface area contributed by atoms with Gasteiger partial charge in [0.05, 0.1) is 16.6 Å². The van der Waals surface area contributed by atoms with E-state index in [0.29, 0.717) is 17.9 Å². The number of rotatable bonds is 4. The van der Waals surface area contributed by atoms with Gasteiger partial charge in [-0.2, -0.15) is 0 Å². The van der Waals surface area contributed by atoms with Gasteiger partial charge in [-0.1, -0.05) is 11.2 Å². The Hall–Kier alpha value is -2.19. The lowest BCUT2D eigenvalue weighted by Gasteiger charge is -2.23. The number of hydrogen-bond acceptors (Lipinski definition) is 5. The van der Waals surface area contributed by atoms with Crippen LogP contribution >= 0.6 is 0 Å². The molecule has 1 amide bonds. The smallest absolute Gasteiger partial charge is 0.254 e. The molecule has 1 aromatic carbocycles. The minimum atomic E-state index is -3.59. The average molecular weight is 349 g/mol. The quantitative estimate of drug-likeness (QED) is 0.909. The fourth-order valence-electron chi connectivity index (χ4n) is 2.93. The Morgan fingerprint density at radius 2 is 2.17 bits per heavy atom. The maximum Gasteiger partial charge on any atom is 0.254 e. The van der Waals surface area contributed by atoms with E-state index < -0.39 is 10.0 Å². The Morgan fingerprint density at radius 1 is 1.38 bits per heavy atom. The maximum atomic E-state index is 12.9. The van der Waals surface area contributed by atoms with Crippen molar-refractivity contribution >= 4 is 15.9 Å². The van der Waals surface area contributed by atoms with Gasteiger partial charge in [-0.3, -0.25) is 4.79 Å². The molecule has 1 aromatic heterocycles. The first-order valence-electron chi connectivity index (χ1n) is 7.70. The molecule has 0 saturated carbocycles. The van der Waals surface area contributed by atoms with Gasteiger partial charge in [-0.05, 0) is 45.0 Å². The molecule has 128 valence electrons. The third-order valence-electron chi connectivity index (χ3n) is 4.15. The molecule has 1 aliphatic heterocycles. The van der Waals surface area contributed by atoms with Crippen LogP contribution in [0.25, 0.3) is 0 Å². The predicted molar refractivity (Wildman–Crippen MR) is 86.9 cm³/mol.